The van der Waals surface area contributed by atoms with Gasteiger partial charge in [0.15, 0.2) is 9.84 Å². The van der Waals surface area contributed by atoms with Crippen LogP contribution in [0.1, 0.15) is 5.56 Å². The van der Waals surface area contributed by atoms with Gasteiger partial charge in [0.2, 0.25) is 0 Å². The molecule has 0 aliphatic heterocycles. The SMILES string of the molecule is Cc1ccc(-c2ccc(S(C)(=O)=O)cc2)c(-c2cc3ccccc3[nH]2)c1. The van der Waals surface area contributed by atoms with Gasteiger partial charge in [0.05, 0.1) is 4.90 Å². The standard InChI is InChI=1S/C22H19NO2S/c1-15-7-12-19(16-8-10-18(11-9-16)26(2,24)25)20(13-15)22-14-17-5-3-4-6-21(17)23-22/h3-14,23H,1-2H3. The zero-order chi connectivity index (χ0) is 18.3. The fraction of sp³-hybridized carbons (Fsp3) is 0.0909. The summed E-state index contributed by atoms with van der Waals surface area (Å²) in [6.07, 6.45) is 1.23. The Balaban J connectivity index is 1.87. The Bertz CT molecular complexity index is 1170. The zero-order valence-corrected chi connectivity index (χ0v) is 15.5. The van der Waals surface area contributed by atoms with Gasteiger partial charge in [-0.05, 0) is 48.4 Å². The maximum absolute atomic E-state index is 11.7. The van der Waals surface area contributed by atoms with Gasteiger partial charge in [-0.1, -0.05) is 48.0 Å². The van der Waals surface area contributed by atoms with Crippen LogP contribution >= 0.6 is 0 Å². The smallest absolute Gasteiger partial charge is 0.175 e. The summed E-state index contributed by atoms with van der Waals surface area (Å²) in [6, 6.07) is 23.7. The Morgan fingerprint density at radius 3 is 2.23 bits per heavy atom. The average molecular weight is 361 g/mol. The lowest BCUT2D eigenvalue weighted by molar-refractivity contribution is 0.602. The molecule has 3 nitrogen and oxygen atoms in total. The number of hydrogen-bond donors (Lipinski definition) is 1. The van der Waals surface area contributed by atoms with E-state index in [0.717, 1.165) is 27.9 Å². The number of benzene rings is 3. The maximum atomic E-state index is 11.7. The Kier molecular flexibility index (Phi) is 3.93. The van der Waals surface area contributed by atoms with Crippen molar-refractivity contribution >= 4 is 20.7 Å². The van der Waals surface area contributed by atoms with Gasteiger partial charge < -0.3 is 4.98 Å². The van der Waals surface area contributed by atoms with Crippen molar-refractivity contribution < 1.29 is 8.42 Å². The predicted octanol–water partition coefficient (Wildman–Crippen LogP) is 5.21. The van der Waals surface area contributed by atoms with Gasteiger partial charge in [0.1, 0.15) is 0 Å². The summed E-state index contributed by atoms with van der Waals surface area (Å²) in [4.78, 5) is 3.82. The molecule has 0 spiro atoms. The summed E-state index contributed by atoms with van der Waals surface area (Å²) in [7, 11) is -3.19. The van der Waals surface area contributed by atoms with E-state index in [4.69, 9.17) is 0 Å². The monoisotopic (exact) mass is 361 g/mol. The van der Waals surface area contributed by atoms with Crippen molar-refractivity contribution in [3.63, 3.8) is 0 Å². The molecule has 0 fully saturated rings. The Morgan fingerprint density at radius 1 is 0.808 bits per heavy atom. The summed E-state index contributed by atoms with van der Waals surface area (Å²) in [6.45, 7) is 2.07. The van der Waals surface area contributed by atoms with Gasteiger partial charge in [-0.25, -0.2) is 8.42 Å². The van der Waals surface area contributed by atoms with Crippen LogP contribution in [-0.4, -0.2) is 19.7 Å². The lowest BCUT2D eigenvalue weighted by atomic mass is 9.96. The van der Waals surface area contributed by atoms with E-state index in [1.807, 2.05) is 24.3 Å². The summed E-state index contributed by atoms with van der Waals surface area (Å²) < 4.78 is 23.4. The molecule has 4 heteroatoms. The molecule has 0 saturated heterocycles. The Morgan fingerprint density at radius 2 is 1.54 bits per heavy atom. The number of nitrogens with one attached hydrogen (secondary N) is 1. The second-order valence-corrected chi connectivity index (χ2v) is 8.63. The van der Waals surface area contributed by atoms with Gasteiger partial charge in [0, 0.05) is 28.4 Å². The first kappa shape index (κ1) is 16.6. The highest BCUT2D eigenvalue weighted by Gasteiger charge is 2.12. The highest BCUT2D eigenvalue weighted by molar-refractivity contribution is 7.90. The second kappa shape index (κ2) is 6.15. The average Bonchev–Trinajstić information content (AvgIpc) is 3.05. The molecular formula is C22H19NO2S. The van der Waals surface area contributed by atoms with Crippen LogP contribution in [0, 0.1) is 6.92 Å². The molecule has 0 atom stereocenters. The minimum absolute atomic E-state index is 0.334. The van der Waals surface area contributed by atoms with Crippen molar-refractivity contribution in [2.75, 3.05) is 6.26 Å². The van der Waals surface area contributed by atoms with Crippen LogP contribution in [0.25, 0.3) is 33.3 Å². The number of sulfone groups is 1. The molecule has 0 bridgehead atoms. The van der Waals surface area contributed by atoms with Crippen molar-refractivity contribution in [1.82, 2.24) is 4.98 Å². The zero-order valence-electron chi connectivity index (χ0n) is 14.7. The van der Waals surface area contributed by atoms with Crippen LogP contribution in [-0.2, 0) is 9.84 Å². The van der Waals surface area contributed by atoms with Crippen LogP contribution in [0.5, 0.6) is 0 Å². The first-order valence-electron chi connectivity index (χ1n) is 8.41. The minimum Gasteiger partial charge on any atom is -0.355 e. The number of aryl methyl sites for hydroxylation is 1. The molecule has 1 aromatic heterocycles. The molecule has 1 N–H and O–H groups in total. The molecule has 4 rings (SSSR count). The highest BCUT2D eigenvalue weighted by Crippen LogP contribution is 2.34. The molecule has 4 aromatic rings. The van der Waals surface area contributed by atoms with Crippen molar-refractivity contribution in [3.05, 3.63) is 78.4 Å². The van der Waals surface area contributed by atoms with E-state index in [1.165, 1.54) is 17.2 Å². The molecule has 0 radical (unpaired) electrons. The lowest BCUT2D eigenvalue weighted by Crippen LogP contribution is -1.96. The molecule has 130 valence electrons. The van der Waals surface area contributed by atoms with Gasteiger partial charge in [-0.15, -0.1) is 0 Å². The number of fused-ring (bicyclic) bond motifs is 1. The molecule has 0 aliphatic carbocycles. The van der Waals surface area contributed by atoms with E-state index in [0.29, 0.717) is 4.90 Å². The summed E-state index contributed by atoms with van der Waals surface area (Å²) in [5.74, 6) is 0. The lowest BCUT2D eigenvalue weighted by Gasteiger charge is -2.11. The molecule has 0 unspecified atom stereocenters. The number of H-pyrrole nitrogens is 1. The van der Waals surface area contributed by atoms with E-state index in [1.54, 1.807) is 12.1 Å². The maximum Gasteiger partial charge on any atom is 0.175 e. The minimum atomic E-state index is -3.19. The number of rotatable bonds is 3. The van der Waals surface area contributed by atoms with E-state index in [9.17, 15) is 8.42 Å². The fourth-order valence-electron chi connectivity index (χ4n) is 3.23. The first-order valence-corrected chi connectivity index (χ1v) is 10.3. The Hall–Kier alpha value is -2.85. The third-order valence-corrected chi connectivity index (χ3v) is 5.72. The highest BCUT2D eigenvalue weighted by atomic mass is 32.2. The van der Waals surface area contributed by atoms with Gasteiger partial charge in [0.25, 0.3) is 0 Å². The van der Waals surface area contributed by atoms with Gasteiger partial charge >= 0.3 is 0 Å². The van der Waals surface area contributed by atoms with Crippen LogP contribution in [0.4, 0.5) is 0 Å². The summed E-state index contributed by atoms with van der Waals surface area (Å²) in [5.41, 5.74) is 6.50. The van der Waals surface area contributed by atoms with Crippen LogP contribution in [0.2, 0.25) is 0 Å². The number of para-hydroxylation sites is 1. The molecule has 0 amide bonds. The normalized spacial score (nSPS) is 11.8. The summed E-state index contributed by atoms with van der Waals surface area (Å²) in [5, 5.41) is 1.17. The van der Waals surface area contributed by atoms with Crippen LogP contribution < -0.4 is 0 Å². The van der Waals surface area contributed by atoms with Crippen molar-refractivity contribution in [1.29, 1.82) is 0 Å². The van der Waals surface area contributed by atoms with Crippen LogP contribution in [0.15, 0.2) is 77.7 Å². The largest absolute Gasteiger partial charge is 0.355 e. The number of aromatic nitrogens is 1. The van der Waals surface area contributed by atoms with E-state index < -0.39 is 9.84 Å². The predicted molar refractivity (Wildman–Crippen MR) is 107 cm³/mol. The molecule has 26 heavy (non-hydrogen) atoms. The molecule has 3 aromatic carbocycles. The van der Waals surface area contributed by atoms with Crippen LogP contribution in [0.3, 0.4) is 0 Å². The van der Waals surface area contributed by atoms with Crippen molar-refractivity contribution in [2.24, 2.45) is 0 Å². The van der Waals surface area contributed by atoms with Gasteiger partial charge in [-0.3, -0.25) is 0 Å². The number of aromatic amines is 1. The summed E-state index contributed by atoms with van der Waals surface area (Å²) >= 11 is 0. The third kappa shape index (κ3) is 3.04. The van der Waals surface area contributed by atoms with E-state index in [-0.39, 0.29) is 0 Å². The van der Waals surface area contributed by atoms with Crippen molar-refractivity contribution in [2.45, 2.75) is 11.8 Å². The molecule has 1 heterocycles. The molecule has 0 aliphatic rings. The Labute approximate surface area is 153 Å². The topological polar surface area (TPSA) is 49.9 Å². The number of hydrogen-bond acceptors (Lipinski definition) is 2. The fourth-order valence-corrected chi connectivity index (χ4v) is 3.86. The molecule has 0 saturated carbocycles. The first-order chi connectivity index (χ1) is 12.4. The van der Waals surface area contributed by atoms with Crippen molar-refractivity contribution in [3.8, 4) is 22.4 Å². The van der Waals surface area contributed by atoms with E-state index in [2.05, 4.69) is 48.3 Å². The third-order valence-electron chi connectivity index (χ3n) is 4.59. The molecular weight excluding hydrogens is 342 g/mol. The quantitative estimate of drug-likeness (QED) is 0.544. The van der Waals surface area contributed by atoms with E-state index >= 15 is 0 Å². The second-order valence-electron chi connectivity index (χ2n) is 6.62. The van der Waals surface area contributed by atoms with Gasteiger partial charge in [-0.2, -0.15) is 0 Å².